The molecule has 0 fully saturated rings. The molecule has 0 bridgehead atoms. The van der Waals surface area contributed by atoms with E-state index in [0.29, 0.717) is 0 Å². The van der Waals surface area contributed by atoms with Crippen LogP contribution in [0.3, 0.4) is 0 Å². The first-order valence-electron chi connectivity index (χ1n) is 6.66. The maximum Gasteiger partial charge on any atom is 0.119 e. The van der Waals surface area contributed by atoms with E-state index in [4.69, 9.17) is 4.74 Å². The van der Waals surface area contributed by atoms with Crippen LogP contribution in [-0.2, 0) is 0 Å². The molecule has 0 spiro atoms. The quantitative estimate of drug-likeness (QED) is 0.706. The summed E-state index contributed by atoms with van der Waals surface area (Å²) in [7, 11) is 0. The van der Waals surface area contributed by atoms with E-state index in [-0.39, 0.29) is 25.4 Å². The van der Waals surface area contributed by atoms with Crippen molar-refractivity contribution < 1.29 is 14.9 Å². The average molecular weight is 267 g/mol. The maximum absolute atomic E-state index is 9.28. The second kappa shape index (κ2) is 6.89. The SMILES string of the molecule is CC(C)Oc1ccc(C(C)NC(C)(CO)CO)cc1. The van der Waals surface area contributed by atoms with Crippen molar-refractivity contribution in [3.63, 3.8) is 0 Å². The molecule has 4 heteroatoms. The van der Waals surface area contributed by atoms with E-state index in [2.05, 4.69) is 5.32 Å². The molecule has 108 valence electrons. The van der Waals surface area contributed by atoms with Crippen LogP contribution < -0.4 is 10.1 Å². The molecule has 1 aromatic rings. The van der Waals surface area contributed by atoms with Crippen molar-refractivity contribution in [2.75, 3.05) is 13.2 Å². The number of aliphatic hydroxyl groups excluding tert-OH is 2. The monoisotopic (exact) mass is 267 g/mol. The predicted octanol–water partition coefficient (Wildman–Crippen LogP) is 1.87. The van der Waals surface area contributed by atoms with Gasteiger partial charge < -0.3 is 20.3 Å². The summed E-state index contributed by atoms with van der Waals surface area (Å²) in [5.74, 6) is 0.845. The first kappa shape index (κ1) is 16.0. The zero-order chi connectivity index (χ0) is 14.5. The summed E-state index contributed by atoms with van der Waals surface area (Å²) < 4.78 is 5.59. The Hall–Kier alpha value is -1.10. The van der Waals surface area contributed by atoms with Crippen molar-refractivity contribution in [3.8, 4) is 5.75 Å². The van der Waals surface area contributed by atoms with E-state index >= 15 is 0 Å². The van der Waals surface area contributed by atoms with E-state index in [9.17, 15) is 10.2 Å². The van der Waals surface area contributed by atoms with Crippen molar-refractivity contribution in [1.82, 2.24) is 5.32 Å². The van der Waals surface area contributed by atoms with Gasteiger partial charge in [0.25, 0.3) is 0 Å². The molecular formula is C15H25NO3. The minimum atomic E-state index is -0.674. The van der Waals surface area contributed by atoms with Crippen LogP contribution in [0.15, 0.2) is 24.3 Å². The summed E-state index contributed by atoms with van der Waals surface area (Å²) in [6.45, 7) is 7.56. The Morgan fingerprint density at radius 3 is 2.05 bits per heavy atom. The molecule has 1 unspecified atom stereocenters. The fourth-order valence-corrected chi connectivity index (χ4v) is 1.85. The summed E-state index contributed by atoms with van der Waals surface area (Å²) in [6, 6.07) is 7.89. The molecule has 1 atom stereocenters. The van der Waals surface area contributed by atoms with E-state index in [0.717, 1.165) is 11.3 Å². The average Bonchev–Trinajstić information content (AvgIpc) is 2.38. The fourth-order valence-electron chi connectivity index (χ4n) is 1.85. The van der Waals surface area contributed by atoms with Gasteiger partial charge in [0, 0.05) is 6.04 Å². The topological polar surface area (TPSA) is 61.7 Å². The van der Waals surface area contributed by atoms with Crippen LogP contribution in [-0.4, -0.2) is 35.1 Å². The van der Waals surface area contributed by atoms with Crippen LogP contribution in [0.5, 0.6) is 5.75 Å². The molecule has 1 aromatic carbocycles. The predicted molar refractivity (Wildman–Crippen MR) is 76.3 cm³/mol. The Balaban J connectivity index is 2.70. The van der Waals surface area contributed by atoms with Gasteiger partial charge in [-0.15, -0.1) is 0 Å². The number of nitrogens with one attached hydrogen (secondary N) is 1. The summed E-state index contributed by atoms with van der Waals surface area (Å²) in [5, 5.41) is 21.8. The van der Waals surface area contributed by atoms with Gasteiger partial charge >= 0.3 is 0 Å². The second-order valence-corrected chi connectivity index (χ2v) is 5.48. The highest BCUT2D eigenvalue weighted by atomic mass is 16.5. The van der Waals surface area contributed by atoms with Crippen molar-refractivity contribution in [2.24, 2.45) is 0 Å². The maximum atomic E-state index is 9.28. The molecular weight excluding hydrogens is 242 g/mol. The third kappa shape index (κ3) is 4.82. The lowest BCUT2D eigenvalue weighted by Gasteiger charge is -2.30. The minimum absolute atomic E-state index is 0.0393. The normalized spacial score (nSPS) is 13.6. The van der Waals surface area contributed by atoms with Crippen molar-refractivity contribution in [2.45, 2.75) is 45.4 Å². The molecule has 0 aliphatic rings. The first-order chi connectivity index (χ1) is 8.90. The van der Waals surface area contributed by atoms with E-state index < -0.39 is 5.54 Å². The number of hydrogen-bond donors (Lipinski definition) is 3. The summed E-state index contributed by atoms with van der Waals surface area (Å²) >= 11 is 0. The molecule has 4 nitrogen and oxygen atoms in total. The number of benzene rings is 1. The number of hydrogen-bond acceptors (Lipinski definition) is 4. The van der Waals surface area contributed by atoms with Crippen LogP contribution in [0, 0.1) is 0 Å². The molecule has 0 aromatic heterocycles. The van der Waals surface area contributed by atoms with Gasteiger partial charge in [0.05, 0.1) is 24.9 Å². The summed E-state index contributed by atoms with van der Waals surface area (Å²) in [4.78, 5) is 0. The van der Waals surface area contributed by atoms with Crippen LogP contribution in [0.1, 0.15) is 39.3 Å². The van der Waals surface area contributed by atoms with Gasteiger partial charge in [0.15, 0.2) is 0 Å². The summed E-state index contributed by atoms with van der Waals surface area (Å²) in [6.07, 6.45) is 0.161. The highest BCUT2D eigenvalue weighted by molar-refractivity contribution is 5.29. The number of aliphatic hydroxyl groups is 2. The van der Waals surface area contributed by atoms with Crippen LogP contribution in [0.4, 0.5) is 0 Å². The Bertz CT molecular complexity index is 371. The highest BCUT2D eigenvalue weighted by Gasteiger charge is 2.24. The standard InChI is InChI=1S/C15H25NO3/c1-11(2)19-14-7-5-13(6-8-14)12(3)16-15(4,9-17)10-18/h5-8,11-12,16-18H,9-10H2,1-4H3. The van der Waals surface area contributed by atoms with Gasteiger partial charge in [-0.25, -0.2) is 0 Å². The smallest absolute Gasteiger partial charge is 0.119 e. The van der Waals surface area contributed by atoms with Crippen molar-refractivity contribution in [3.05, 3.63) is 29.8 Å². The molecule has 0 aliphatic heterocycles. The molecule has 0 amide bonds. The van der Waals surface area contributed by atoms with Gasteiger partial charge in [-0.05, 0) is 45.4 Å². The lowest BCUT2D eigenvalue weighted by Crippen LogP contribution is -2.49. The van der Waals surface area contributed by atoms with Gasteiger partial charge in [-0.2, -0.15) is 0 Å². The zero-order valence-corrected chi connectivity index (χ0v) is 12.2. The van der Waals surface area contributed by atoms with E-state index in [1.807, 2.05) is 45.0 Å². The minimum Gasteiger partial charge on any atom is -0.491 e. The largest absolute Gasteiger partial charge is 0.491 e. The van der Waals surface area contributed by atoms with E-state index in [1.165, 1.54) is 0 Å². The third-order valence-corrected chi connectivity index (χ3v) is 3.01. The Morgan fingerprint density at radius 1 is 1.11 bits per heavy atom. The Morgan fingerprint density at radius 2 is 1.63 bits per heavy atom. The van der Waals surface area contributed by atoms with Crippen molar-refractivity contribution in [1.29, 1.82) is 0 Å². The molecule has 19 heavy (non-hydrogen) atoms. The van der Waals surface area contributed by atoms with Gasteiger partial charge in [0.2, 0.25) is 0 Å². The molecule has 0 saturated heterocycles. The molecule has 0 heterocycles. The van der Waals surface area contributed by atoms with E-state index in [1.54, 1.807) is 6.92 Å². The highest BCUT2D eigenvalue weighted by Crippen LogP contribution is 2.20. The lowest BCUT2D eigenvalue weighted by molar-refractivity contribution is 0.0957. The second-order valence-electron chi connectivity index (χ2n) is 5.48. The zero-order valence-electron chi connectivity index (χ0n) is 12.2. The van der Waals surface area contributed by atoms with Gasteiger partial charge in [-0.1, -0.05) is 12.1 Å². The molecule has 1 rings (SSSR count). The number of rotatable bonds is 7. The van der Waals surface area contributed by atoms with Crippen LogP contribution in [0.2, 0.25) is 0 Å². The molecule has 0 radical (unpaired) electrons. The fraction of sp³-hybridized carbons (Fsp3) is 0.600. The lowest BCUT2D eigenvalue weighted by atomic mass is 10.0. The number of ether oxygens (including phenoxy) is 1. The van der Waals surface area contributed by atoms with Crippen LogP contribution >= 0.6 is 0 Å². The van der Waals surface area contributed by atoms with Gasteiger partial charge in [0.1, 0.15) is 5.75 Å². The van der Waals surface area contributed by atoms with Crippen molar-refractivity contribution >= 4 is 0 Å². The molecule has 0 aliphatic carbocycles. The Labute approximate surface area is 115 Å². The van der Waals surface area contributed by atoms with Crippen LogP contribution in [0.25, 0.3) is 0 Å². The molecule has 3 N–H and O–H groups in total. The Kier molecular flexibility index (Phi) is 5.79. The summed E-state index contributed by atoms with van der Waals surface area (Å²) in [5.41, 5.74) is 0.413. The third-order valence-electron chi connectivity index (χ3n) is 3.01. The molecule has 0 saturated carbocycles. The first-order valence-corrected chi connectivity index (χ1v) is 6.66. The van der Waals surface area contributed by atoms with Gasteiger partial charge in [-0.3, -0.25) is 0 Å².